The molecule has 1 aliphatic heterocycles. The van der Waals surface area contributed by atoms with E-state index in [4.69, 9.17) is 42.4 Å². The van der Waals surface area contributed by atoms with Crippen LogP contribution in [0.5, 0.6) is 0 Å². The van der Waals surface area contributed by atoms with Gasteiger partial charge in [-0.2, -0.15) is 0 Å². The van der Waals surface area contributed by atoms with Gasteiger partial charge in [-0.25, -0.2) is 19.4 Å². The summed E-state index contributed by atoms with van der Waals surface area (Å²) in [7, 11) is 0. The molecule has 12 nitrogen and oxygen atoms in total. The molecule has 3 amide bonds. The molecule has 5 rings (SSSR count). The Balaban J connectivity index is 1.20. The van der Waals surface area contributed by atoms with Crippen molar-refractivity contribution in [2.24, 2.45) is 0 Å². The van der Waals surface area contributed by atoms with Crippen LogP contribution in [-0.4, -0.2) is 71.5 Å². The summed E-state index contributed by atoms with van der Waals surface area (Å²) in [5.41, 5.74) is 3.24. The van der Waals surface area contributed by atoms with E-state index in [1.807, 2.05) is 92.4 Å². The van der Waals surface area contributed by atoms with Crippen molar-refractivity contribution in [1.29, 1.82) is 0 Å². The number of piperazine rings is 1. The van der Waals surface area contributed by atoms with Gasteiger partial charge in [-0.05, 0) is 68.0 Å². The molecule has 0 aliphatic carbocycles. The van der Waals surface area contributed by atoms with Gasteiger partial charge in [-0.3, -0.25) is 9.88 Å². The third kappa shape index (κ3) is 12.0. The summed E-state index contributed by atoms with van der Waals surface area (Å²) in [6, 6.07) is 21.9. The zero-order valence-corrected chi connectivity index (χ0v) is 31.5. The molecule has 1 saturated heterocycles. The summed E-state index contributed by atoms with van der Waals surface area (Å²) in [6.07, 6.45) is 2.88. The van der Waals surface area contributed by atoms with E-state index in [2.05, 4.69) is 15.6 Å². The van der Waals surface area contributed by atoms with Crippen molar-refractivity contribution < 1.29 is 28.6 Å². The van der Waals surface area contributed by atoms with Gasteiger partial charge >= 0.3 is 18.3 Å². The van der Waals surface area contributed by atoms with Gasteiger partial charge in [-0.1, -0.05) is 83.9 Å². The monoisotopic (exact) mass is 762 g/mol. The number of rotatable bonds is 12. The Morgan fingerprint density at radius 2 is 1.28 bits per heavy atom. The van der Waals surface area contributed by atoms with Gasteiger partial charge in [0.25, 0.3) is 0 Å². The molecular formula is C39H44Cl2N6O6. The van der Waals surface area contributed by atoms with Crippen LogP contribution in [0.2, 0.25) is 10.0 Å². The normalized spacial score (nSPS) is 14.3. The van der Waals surface area contributed by atoms with Crippen LogP contribution >= 0.6 is 23.2 Å². The molecule has 2 aromatic carbocycles. The molecule has 0 bridgehead atoms. The van der Waals surface area contributed by atoms with E-state index in [1.165, 1.54) is 0 Å². The van der Waals surface area contributed by atoms with E-state index < -0.39 is 29.9 Å². The molecule has 2 N–H and O–H groups in total. The van der Waals surface area contributed by atoms with Crippen molar-refractivity contribution in [3.05, 3.63) is 123 Å². The number of alkyl carbamates (subject to hydrolysis) is 2. The van der Waals surface area contributed by atoms with Gasteiger partial charge in [0.1, 0.15) is 24.6 Å². The third-order valence-corrected chi connectivity index (χ3v) is 8.80. The second kappa shape index (κ2) is 18.6. The quantitative estimate of drug-likeness (QED) is 0.141. The zero-order valence-electron chi connectivity index (χ0n) is 30.0. The van der Waals surface area contributed by atoms with Crippen molar-refractivity contribution in [3.63, 3.8) is 0 Å². The fraction of sp³-hybridized carbons (Fsp3) is 0.359. The highest BCUT2D eigenvalue weighted by Crippen LogP contribution is 2.34. The molecule has 1 unspecified atom stereocenters. The van der Waals surface area contributed by atoms with Crippen LogP contribution in [0, 0.1) is 0 Å². The van der Waals surface area contributed by atoms with E-state index in [9.17, 15) is 14.4 Å². The first-order chi connectivity index (χ1) is 25.4. The zero-order chi connectivity index (χ0) is 37.8. The molecule has 4 aromatic rings. The fourth-order valence-electron chi connectivity index (χ4n) is 5.62. The van der Waals surface area contributed by atoms with Gasteiger partial charge in [0.05, 0.1) is 21.8 Å². The van der Waals surface area contributed by atoms with Crippen LogP contribution in [0.1, 0.15) is 54.8 Å². The number of carbonyl (C=O) groups is 3. The Labute approximate surface area is 319 Å². The summed E-state index contributed by atoms with van der Waals surface area (Å²) in [4.78, 5) is 50.8. The number of halogens is 2. The Hall–Kier alpha value is -5.07. The van der Waals surface area contributed by atoms with Gasteiger partial charge < -0.3 is 29.7 Å². The number of benzene rings is 2. The van der Waals surface area contributed by atoms with E-state index in [-0.39, 0.29) is 13.2 Å². The first-order valence-electron chi connectivity index (χ1n) is 17.4. The summed E-state index contributed by atoms with van der Waals surface area (Å²) in [5, 5.41) is 6.31. The first kappa shape index (κ1) is 39.1. The van der Waals surface area contributed by atoms with Gasteiger partial charge in [0, 0.05) is 45.1 Å². The van der Waals surface area contributed by atoms with Crippen molar-refractivity contribution in [1.82, 2.24) is 25.5 Å². The van der Waals surface area contributed by atoms with Crippen molar-refractivity contribution in [3.8, 4) is 0 Å². The number of anilines is 1. The number of hydrogen-bond donors (Lipinski definition) is 2. The molecule has 14 heteroatoms. The third-order valence-electron chi connectivity index (χ3n) is 8.22. The number of pyridine rings is 2. The largest absolute Gasteiger partial charge is 0.445 e. The summed E-state index contributed by atoms with van der Waals surface area (Å²) in [5.74, 6) is 0.553. The Morgan fingerprint density at radius 3 is 1.79 bits per heavy atom. The van der Waals surface area contributed by atoms with Crippen LogP contribution in [0.25, 0.3) is 0 Å². The highest BCUT2D eigenvalue weighted by atomic mass is 35.5. The highest BCUT2D eigenvalue weighted by molar-refractivity contribution is 6.33. The average molecular weight is 764 g/mol. The van der Waals surface area contributed by atoms with Gasteiger partial charge in [0.2, 0.25) is 0 Å². The topological polar surface area (TPSA) is 135 Å². The summed E-state index contributed by atoms with van der Waals surface area (Å²) >= 11 is 13.6. The SMILES string of the molecule is CC(C)(C)OC(=O)N1CCN(c2ncc(CCNC(=O)OCc3ccccc3)cc2Cl)CC1c1ncc(CCNC(=O)OCc2ccccc2)cc1Cl. The van der Waals surface area contributed by atoms with E-state index in [1.54, 1.807) is 23.4 Å². The molecule has 1 atom stereocenters. The van der Waals surface area contributed by atoms with Crippen LogP contribution in [0.15, 0.2) is 85.2 Å². The molecule has 280 valence electrons. The minimum Gasteiger partial charge on any atom is -0.445 e. The van der Waals surface area contributed by atoms with E-state index >= 15 is 0 Å². The lowest BCUT2D eigenvalue weighted by Gasteiger charge is -2.42. The number of ether oxygens (including phenoxy) is 3. The smallest absolute Gasteiger partial charge is 0.410 e. The predicted molar refractivity (Wildman–Crippen MR) is 203 cm³/mol. The summed E-state index contributed by atoms with van der Waals surface area (Å²) in [6.45, 7) is 7.53. The molecule has 1 aliphatic rings. The maximum atomic E-state index is 13.4. The minimum atomic E-state index is -0.705. The van der Waals surface area contributed by atoms with E-state index in [0.29, 0.717) is 67.1 Å². The second-order valence-corrected chi connectivity index (χ2v) is 14.3. The molecule has 0 saturated carbocycles. The van der Waals surface area contributed by atoms with Crippen molar-refractivity contribution in [2.75, 3.05) is 37.6 Å². The molecular weight excluding hydrogens is 719 g/mol. The number of aromatic nitrogens is 2. The van der Waals surface area contributed by atoms with Crippen LogP contribution in [0.4, 0.5) is 20.2 Å². The van der Waals surface area contributed by atoms with Crippen molar-refractivity contribution in [2.45, 2.75) is 58.5 Å². The van der Waals surface area contributed by atoms with Gasteiger partial charge in [-0.15, -0.1) is 0 Å². The lowest BCUT2D eigenvalue weighted by Crippen LogP contribution is -2.52. The predicted octanol–water partition coefficient (Wildman–Crippen LogP) is 7.52. The average Bonchev–Trinajstić information content (AvgIpc) is 3.13. The van der Waals surface area contributed by atoms with Crippen LogP contribution in [0.3, 0.4) is 0 Å². The van der Waals surface area contributed by atoms with Crippen molar-refractivity contribution >= 4 is 47.3 Å². The van der Waals surface area contributed by atoms with Crippen LogP contribution < -0.4 is 15.5 Å². The molecule has 2 aromatic heterocycles. The number of amides is 3. The Morgan fingerprint density at radius 1 is 0.755 bits per heavy atom. The number of nitrogens with zero attached hydrogens (tertiary/aromatic N) is 4. The molecule has 53 heavy (non-hydrogen) atoms. The number of carbonyl (C=O) groups excluding carboxylic acids is 3. The maximum absolute atomic E-state index is 13.4. The Kier molecular flexibility index (Phi) is 13.7. The molecule has 3 heterocycles. The lowest BCUT2D eigenvalue weighted by atomic mass is 10.1. The Bertz CT molecular complexity index is 1840. The van der Waals surface area contributed by atoms with Gasteiger partial charge in [0.15, 0.2) is 0 Å². The maximum Gasteiger partial charge on any atom is 0.410 e. The second-order valence-electron chi connectivity index (χ2n) is 13.5. The highest BCUT2D eigenvalue weighted by Gasteiger charge is 2.37. The first-order valence-corrected chi connectivity index (χ1v) is 18.1. The van der Waals surface area contributed by atoms with E-state index in [0.717, 1.165) is 22.3 Å². The molecule has 0 radical (unpaired) electrons. The fourth-order valence-corrected chi connectivity index (χ4v) is 6.25. The number of nitrogens with one attached hydrogen (secondary N) is 2. The standard InChI is InChI=1S/C39H44Cl2N6O6/c1-39(2,3)53-38(50)47-19-18-46(35-32(41)21-30(23-45-35)15-17-43-37(49)52-26-28-12-8-5-9-13-28)24-33(47)34-31(40)20-29(22-44-34)14-16-42-36(48)51-25-27-10-6-4-7-11-27/h4-13,20-23,33H,14-19,24-26H2,1-3H3,(H,42,48)(H,43,49). The summed E-state index contributed by atoms with van der Waals surface area (Å²) < 4.78 is 16.3. The number of hydrogen-bond acceptors (Lipinski definition) is 9. The van der Waals surface area contributed by atoms with Crippen LogP contribution in [-0.2, 0) is 40.3 Å². The minimum absolute atomic E-state index is 0.178. The molecule has 0 spiro atoms. The molecule has 1 fully saturated rings. The lowest BCUT2D eigenvalue weighted by molar-refractivity contribution is 0.0133.